The molecule has 3 N–H and O–H groups in total. The summed E-state index contributed by atoms with van der Waals surface area (Å²) >= 11 is 0. The van der Waals surface area contributed by atoms with E-state index in [1.165, 1.54) is 0 Å². The van der Waals surface area contributed by atoms with Crippen LogP contribution in [0, 0.1) is 25.2 Å². The second-order valence-electron chi connectivity index (χ2n) is 4.02. The van der Waals surface area contributed by atoms with Gasteiger partial charge in [0.2, 0.25) is 5.89 Å². The third-order valence-corrected chi connectivity index (χ3v) is 2.69. The molecule has 2 aromatic rings. The van der Waals surface area contributed by atoms with Crippen molar-refractivity contribution in [3.05, 3.63) is 41.1 Å². The van der Waals surface area contributed by atoms with Crippen molar-refractivity contribution in [1.82, 2.24) is 4.98 Å². The minimum atomic E-state index is 0.460. The van der Waals surface area contributed by atoms with Crippen molar-refractivity contribution in [2.24, 2.45) is 0 Å². The molecule has 18 heavy (non-hydrogen) atoms. The first-order chi connectivity index (χ1) is 8.60. The number of nitrogens with one attached hydrogen (secondary N) is 1. The van der Waals surface area contributed by atoms with Crippen molar-refractivity contribution >= 4 is 11.4 Å². The minimum Gasteiger partial charge on any atom is -0.444 e. The molecule has 0 aliphatic carbocycles. The van der Waals surface area contributed by atoms with Gasteiger partial charge < -0.3 is 15.5 Å². The summed E-state index contributed by atoms with van der Waals surface area (Å²) in [4.78, 5) is 4.27. The van der Waals surface area contributed by atoms with E-state index in [2.05, 4.69) is 10.3 Å². The van der Waals surface area contributed by atoms with Crippen LogP contribution >= 0.6 is 0 Å². The van der Waals surface area contributed by atoms with E-state index in [9.17, 15) is 0 Å². The van der Waals surface area contributed by atoms with E-state index in [1.807, 2.05) is 19.9 Å². The van der Waals surface area contributed by atoms with E-state index in [4.69, 9.17) is 15.4 Å². The van der Waals surface area contributed by atoms with Crippen LogP contribution in [0.1, 0.15) is 22.9 Å². The lowest BCUT2D eigenvalue weighted by Gasteiger charge is -2.05. The Morgan fingerprint density at radius 3 is 2.78 bits per heavy atom. The van der Waals surface area contributed by atoms with Gasteiger partial charge in [-0.2, -0.15) is 5.26 Å². The molecule has 0 saturated carbocycles. The van der Waals surface area contributed by atoms with Crippen LogP contribution in [-0.2, 0) is 6.54 Å². The monoisotopic (exact) mass is 242 g/mol. The molecule has 1 aromatic carbocycles. The standard InChI is InChI=1S/C13H14N4O/c1-8-9(2)18-13(17-8)7-16-11-4-3-10(6-14)12(15)5-11/h3-5,16H,7,15H2,1-2H3. The van der Waals surface area contributed by atoms with Crippen LogP contribution in [0.4, 0.5) is 11.4 Å². The fourth-order valence-electron chi connectivity index (χ4n) is 1.57. The number of aromatic nitrogens is 1. The maximum atomic E-state index is 8.78. The number of hydrogen-bond donors (Lipinski definition) is 2. The van der Waals surface area contributed by atoms with Gasteiger partial charge in [-0.25, -0.2) is 4.98 Å². The van der Waals surface area contributed by atoms with Crippen molar-refractivity contribution in [1.29, 1.82) is 5.26 Å². The van der Waals surface area contributed by atoms with Gasteiger partial charge in [-0.3, -0.25) is 0 Å². The lowest BCUT2D eigenvalue weighted by molar-refractivity contribution is 0.478. The fraction of sp³-hybridized carbons (Fsp3) is 0.231. The average molecular weight is 242 g/mol. The SMILES string of the molecule is Cc1nc(CNc2ccc(C#N)c(N)c2)oc1C. The Morgan fingerprint density at radius 2 is 2.22 bits per heavy atom. The largest absolute Gasteiger partial charge is 0.444 e. The van der Waals surface area contributed by atoms with Gasteiger partial charge in [0.1, 0.15) is 11.8 Å². The zero-order valence-electron chi connectivity index (χ0n) is 10.3. The van der Waals surface area contributed by atoms with Crippen LogP contribution in [0.25, 0.3) is 0 Å². The number of nitrogens with zero attached hydrogens (tertiary/aromatic N) is 2. The van der Waals surface area contributed by atoms with Gasteiger partial charge >= 0.3 is 0 Å². The Labute approximate surface area is 105 Å². The van der Waals surface area contributed by atoms with Crippen molar-refractivity contribution in [3.63, 3.8) is 0 Å². The summed E-state index contributed by atoms with van der Waals surface area (Å²) in [6.45, 7) is 4.27. The van der Waals surface area contributed by atoms with E-state index < -0.39 is 0 Å². The summed E-state index contributed by atoms with van der Waals surface area (Å²) in [5.41, 5.74) is 8.39. The highest BCUT2D eigenvalue weighted by Gasteiger charge is 2.05. The van der Waals surface area contributed by atoms with E-state index in [1.54, 1.807) is 18.2 Å². The average Bonchev–Trinajstić information content (AvgIpc) is 2.66. The lowest BCUT2D eigenvalue weighted by atomic mass is 10.2. The van der Waals surface area contributed by atoms with Crippen LogP contribution in [0.2, 0.25) is 0 Å². The Hall–Kier alpha value is -2.48. The van der Waals surface area contributed by atoms with Gasteiger partial charge in [-0.1, -0.05) is 0 Å². The Bertz CT molecular complexity index is 590. The third kappa shape index (κ3) is 2.43. The number of nitrogens with two attached hydrogens (primary N) is 1. The molecule has 0 radical (unpaired) electrons. The first-order valence-corrected chi connectivity index (χ1v) is 5.56. The lowest BCUT2D eigenvalue weighted by Crippen LogP contribution is -2.01. The van der Waals surface area contributed by atoms with Gasteiger partial charge in [0.05, 0.1) is 23.5 Å². The summed E-state index contributed by atoms with van der Waals surface area (Å²) in [5.74, 6) is 1.46. The van der Waals surface area contributed by atoms with Crippen LogP contribution in [0.3, 0.4) is 0 Å². The number of rotatable bonds is 3. The molecule has 2 rings (SSSR count). The molecule has 0 aliphatic rings. The van der Waals surface area contributed by atoms with Crippen molar-refractivity contribution in [2.75, 3.05) is 11.1 Å². The number of benzene rings is 1. The van der Waals surface area contributed by atoms with Gasteiger partial charge in [-0.15, -0.1) is 0 Å². The molecule has 5 heteroatoms. The maximum absolute atomic E-state index is 8.78. The molecule has 0 atom stereocenters. The van der Waals surface area contributed by atoms with Crippen LogP contribution < -0.4 is 11.1 Å². The molecular weight excluding hydrogens is 228 g/mol. The number of anilines is 2. The molecule has 0 aliphatic heterocycles. The molecule has 92 valence electrons. The molecule has 0 fully saturated rings. The van der Waals surface area contributed by atoms with E-state index in [0.717, 1.165) is 17.1 Å². The van der Waals surface area contributed by atoms with Gasteiger partial charge in [0.25, 0.3) is 0 Å². The van der Waals surface area contributed by atoms with Crippen LogP contribution in [0.15, 0.2) is 22.6 Å². The summed E-state index contributed by atoms with van der Waals surface area (Å²) in [6.07, 6.45) is 0. The Balaban J connectivity index is 2.07. The zero-order chi connectivity index (χ0) is 13.1. The second kappa shape index (κ2) is 4.80. The molecule has 0 saturated heterocycles. The highest BCUT2D eigenvalue weighted by Crippen LogP contribution is 2.18. The highest BCUT2D eigenvalue weighted by atomic mass is 16.4. The molecular formula is C13H14N4O. The normalized spacial score (nSPS) is 10.1. The Kier molecular flexibility index (Phi) is 3.20. The minimum absolute atomic E-state index is 0.460. The van der Waals surface area contributed by atoms with E-state index >= 15 is 0 Å². The first kappa shape index (κ1) is 12.0. The first-order valence-electron chi connectivity index (χ1n) is 5.56. The molecule has 0 bridgehead atoms. The van der Waals surface area contributed by atoms with Crippen LogP contribution in [-0.4, -0.2) is 4.98 Å². The quantitative estimate of drug-likeness (QED) is 0.806. The zero-order valence-corrected chi connectivity index (χ0v) is 10.3. The van der Waals surface area contributed by atoms with Crippen LogP contribution in [0.5, 0.6) is 0 Å². The van der Waals surface area contributed by atoms with Gasteiger partial charge in [0, 0.05) is 5.69 Å². The third-order valence-electron chi connectivity index (χ3n) is 2.69. The molecule has 1 heterocycles. The second-order valence-corrected chi connectivity index (χ2v) is 4.02. The summed E-state index contributed by atoms with van der Waals surface area (Å²) in [5, 5.41) is 11.9. The maximum Gasteiger partial charge on any atom is 0.213 e. The number of nitriles is 1. The fourth-order valence-corrected chi connectivity index (χ4v) is 1.57. The van der Waals surface area contributed by atoms with E-state index in [-0.39, 0.29) is 0 Å². The predicted molar refractivity (Wildman–Crippen MR) is 68.9 cm³/mol. The molecule has 5 nitrogen and oxygen atoms in total. The number of nitrogen functional groups attached to an aromatic ring is 1. The van der Waals surface area contributed by atoms with Crippen molar-refractivity contribution in [3.8, 4) is 6.07 Å². The summed E-state index contributed by atoms with van der Waals surface area (Å²) in [6, 6.07) is 7.23. The molecule has 0 unspecified atom stereocenters. The topological polar surface area (TPSA) is 87.9 Å². The van der Waals surface area contributed by atoms with Crippen molar-refractivity contribution in [2.45, 2.75) is 20.4 Å². The Morgan fingerprint density at radius 1 is 1.44 bits per heavy atom. The van der Waals surface area contributed by atoms with Gasteiger partial charge in [0.15, 0.2) is 0 Å². The number of hydrogen-bond acceptors (Lipinski definition) is 5. The molecule has 0 amide bonds. The number of aryl methyl sites for hydroxylation is 2. The summed E-state index contributed by atoms with van der Waals surface area (Å²) in [7, 11) is 0. The molecule has 1 aromatic heterocycles. The van der Waals surface area contributed by atoms with Gasteiger partial charge in [-0.05, 0) is 32.0 Å². The summed E-state index contributed by atoms with van der Waals surface area (Å²) < 4.78 is 5.45. The predicted octanol–water partition coefficient (Wildman–Crippen LogP) is 2.36. The smallest absolute Gasteiger partial charge is 0.213 e. The highest BCUT2D eigenvalue weighted by molar-refractivity contribution is 5.62. The number of oxazole rings is 1. The molecule has 0 spiro atoms. The van der Waals surface area contributed by atoms with E-state index in [0.29, 0.717) is 23.7 Å². The van der Waals surface area contributed by atoms with Crippen molar-refractivity contribution < 1.29 is 4.42 Å².